The van der Waals surface area contributed by atoms with Gasteiger partial charge in [0.1, 0.15) is 0 Å². The molecule has 1 heterocycles. The average Bonchev–Trinajstić information content (AvgIpc) is 2.82. The van der Waals surface area contributed by atoms with Crippen molar-refractivity contribution in [2.24, 2.45) is 0 Å². The van der Waals surface area contributed by atoms with Crippen LogP contribution >= 0.6 is 0 Å². The summed E-state index contributed by atoms with van der Waals surface area (Å²) >= 11 is 0. The monoisotopic (exact) mass is 370 g/mol. The summed E-state index contributed by atoms with van der Waals surface area (Å²) < 4.78 is 28.7. The normalized spacial score (nSPS) is 17.8. The highest BCUT2D eigenvalue weighted by Crippen LogP contribution is 2.27. The van der Waals surface area contributed by atoms with Gasteiger partial charge in [-0.05, 0) is 35.7 Å². The van der Waals surface area contributed by atoms with Crippen molar-refractivity contribution in [2.45, 2.75) is 19.0 Å². The second-order valence-electron chi connectivity index (χ2n) is 6.54. The number of anilines is 1. The molecule has 0 fully saturated rings. The van der Waals surface area contributed by atoms with Crippen molar-refractivity contribution >= 4 is 15.9 Å². The molecule has 0 unspecified atom stereocenters. The van der Waals surface area contributed by atoms with E-state index in [4.69, 9.17) is 5.26 Å². The van der Waals surface area contributed by atoms with E-state index in [2.05, 4.69) is 11.4 Å². The zero-order valence-electron chi connectivity index (χ0n) is 14.9. The Morgan fingerprint density at radius 2 is 1.96 bits per heavy atom. The second kappa shape index (κ2) is 7.46. The van der Waals surface area contributed by atoms with E-state index in [9.17, 15) is 8.42 Å². The zero-order valence-corrected chi connectivity index (χ0v) is 15.7. The van der Waals surface area contributed by atoms with Crippen LogP contribution in [0, 0.1) is 11.3 Å². The molecule has 1 N–H and O–H groups in total. The van der Waals surface area contributed by atoms with Gasteiger partial charge in [-0.2, -0.15) is 22.3 Å². The number of fused-ring (bicyclic) bond motifs is 1. The van der Waals surface area contributed by atoms with Crippen LogP contribution in [0.15, 0.2) is 48.5 Å². The third-order valence-electron chi connectivity index (χ3n) is 4.57. The Morgan fingerprint density at radius 1 is 1.23 bits per heavy atom. The quantitative estimate of drug-likeness (QED) is 0.895. The smallest absolute Gasteiger partial charge is 0.282 e. The molecule has 2 aromatic rings. The highest BCUT2D eigenvalue weighted by atomic mass is 32.2. The topological polar surface area (TPSA) is 76.4 Å². The number of rotatable bonds is 4. The molecule has 26 heavy (non-hydrogen) atoms. The number of nitrogens with zero attached hydrogens (tertiary/aromatic N) is 3. The van der Waals surface area contributed by atoms with Gasteiger partial charge >= 0.3 is 0 Å². The van der Waals surface area contributed by atoms with Crippen LogP contribution in [-0.4, -0.2) is 43.7 Å². The van der Waals surface area contributed by atoms with Crippen LogP contribution in [-0.2, 0) is 23.2 Å². The Hall–Kier alpha value is -2.40. The highest BCUT2D eigenvalue weighted by Gasteiger charge is 2.34. The van der Waals surface area contributed by atoms with Gasteiger partial charge in [-0.3, -0.25) is 0 Å². The average molecular weight is 370 g/mol. The van der Waals surface area contributed by atoms with Gasteiger partial charge < -0.3 is 5.32 Å². The van der Waals surface area contributed by atoms with Gasteiger partial charge in [0.2, 0.25) is 0 Å². The first-order valence-electron chi connectivity index (χ1n) is 8.42. The first kappa shape index (κ1) is 18.4. The second-order valence-corrected chi connectivity index (χ2v) is 8.64. The van der Waals surface area contributed by atoms with E-state index in [-0.39, 0.29) is 12.6 Å². The molecule has 1 aliphatic rings. The molecule has 0 amide bonds. The minimum absolute atomic E-state index is 0.232. The fraction of sp³-hybridized carbons (Fsp3) is 0.316. The molecule has 0 radical (unpaired) electrons. The number of hydrogen-bond acceptors (Lipinski definition) is 4. The minimum Gasteiger partial charge on any atom is -0.383 e. The van der Waals surface area contributed by atoms with E-state index in [0.29, 0.717) is 18.5 Å². The Labute approximate surface area is 154 Å². The molecule has 3 rings (SSSR count). The number of nitrogens with one attached hydrogen (secondary N) is 1. The van der Waals surface area contributed by atoms with E-state index >= 15 is 0 Å². The van der Waals surface area contributed by atoms with Gasteiger partial charge in [0, 0.05) is 38.9 Å². The fourth-order valence-electron chi connectivity index (χ4n) is 3.13. The molecule has 0 saturated heterocycles. The van der Waals surface area contributed by atoms with Crippen LogP contribution in [0.5, 0.6) is 0 Å². The summed E-state index contributed by atoms with van der Waals surface area (Å²) in [5.41, 5.74) is 3.29. The summed E-state index contributed by atoms with van der Waals surface area (Å²) in [4.78, 5) is 0. The summed E-state index contributed by atoms with van der Waals surface area (Å²) in [6, 6.07) is 17.1. The molecule has 0 aromatic heterocycles. The molecule has 0 spiro atoms. The standard InChI is InChI=1S/C19H22N4O2S/c1-22(2)26(24,25)23-14-17-10-16(12-20)8-9-19(17)21-13-18(23)11-15-6-4-3-5-7-15/h3-10,18,21H,11,13-14H2,1-2H3/t18-/m1/s1. The van der Waals surface area contributed by atoms with E-state index in [1.54, 1.807) is 26.2 Å². The largest absolute Gasteiger partial charge is 0.383 e. The predicted octanol–water partition coefficient (Wildman–Crippen LogP) is 2.20. The summed E-state index contributed by atoms with van der Waals surface area (Å²) in [7, 11) is -0.528. The summed E-state index contributed by atoms with van der Waals surface area (Å²) in [6.07, 6.45) is 0.611. The Kier molecular flexibility index (Phi) is 5.28. The van der Waals surface area contributed by atoms with Crippen molar-refractivity contribution in [1.82, 2.24) is 8.61 Å². The van der Waals surface area contributed by atoms with Crippen molar-refractivity contribution in [3.05, 3.63) is 65.2 Å². The van der Waals surface area contributed by atoms with Gasteiger partial charge in [-0.25, -0.2) is 0 Å². The maximum absolute atomic E-state index is 13.0. The number of hydrogen-bond donors (Lipinski definition) is 1. The molecule has 1 aliphatic heterocycles. The van der Waals surface area contributed by atoms with E-state index < -0.39 is 10.2 Å². The SMILES string of the molecule is CN(C)S(=O)(=O)N1Cc2cc(C#N)ccc2NC[C@H]1Cc1ccccc1. The number of nitriles is 1. The van der Waals surface area contributed by atoms with Crippen molar-refractivity contribution in [1.29, 1.82) is 5.26 Å². The molecule has 6 nitrogen and oxygen atoms in total. The molecule has 7 heteroatoms. The summed E-state index contributed by atoms with van der Waals surface area (Å²) in [5.74, 6) is 0. The highest BCUT2D eigenvalue weighted by molar-refractivity contribution is 7.86. The molecular weight excluding hydrogens is 348 g/mol. The summed E-state index contributed by atoms with van der Waals surface area (Å²) in [6.45, 7) is 0.733. The van der Waals surface area contributed by atoms with Gasteiger partial charge in [0.15, 0.2) is 0 Å². The first-order chi connectivity index (χ1) is 12.4. The molecule has 0 bridgehead atoms. The molecule has 0 aliphatic carbocycles. The van der Waals surface area contributed by atoms with Crippen LogP contribution in [0.25, 0.3) is 0 Å². The molecule has 136 valence electrons. The van der Waals surface area contributed by atoms with Gasteiger partial charge in [-0.1, -0.05) is 30.3 Å². The third kappa shape index (κ3) is 3.73. The molecule has 2 aromatic carbocycles. The minimum atomic E-state index is -3.61. The van der Waals surface area contributed by atoms with Gasteiger partial charge in [-0.15, -0.1) is 0 Å². The predicted molar refractivity (Wildman–Crippen MR) is 102 cm³/mol. The van der Waals surface area contributed by atoms with Crippen molar-refractivity contribution in [3.63, 3.8) is 0 Å². The Balaban J connectivity index is 2.00. The van der Waals surface area contributed by atoms with Gasteiger partial charge in [0.25, 0.3) is 10.2 Å². The Morgan fingerprint density at radius 3 is 2.62 bits per heavy atom. The van der Waals surface area contributed by atoms with E-state index in [1.165, 1.54) is 8.61 Å². The van der Waals surface area contributed by atoms with Crippen LogP contribution < -0.4 is 5.32 Å². The van der Waals surface area contributed by atoms with Crippen LogP contribution in [0.4, 0.5) is 5.69 Å². The lowest BCUT2D eigenvalue weighted by atomic mass is 10.1. The lowest BCUT2D eigenvalue weighted by molar-refractivity contribution is 0.304. The third-order valence-corrected chi connectivity index (χ3v) is 6.51. The van der Waals surface area contributed by atoms with Gasteiger partial charge in [0.05, 0.1) is 11.6 Å². The molecule has 1 atom stereocenters. The maximum Gasteiger partial charge on any atom is 0.282 e. The van der Waals surface area contributed by atoms with Crippen molar-refractivity contribution < 1.29 is 8.42 Å². The van der Waals surface area contributed by atoms with E-state index in [1.807, 2.05) is 36.4 Å². The van der Waals surface area contributed by atoms with Crippen molar-refractivity contribution in [2.75, 3.05) is 26.0 Å². The first-order valence-corrected chi connectivity index (χ1v) is 9.81. The van der Waals surface area contributed by atoms with Crippen LogP contribution in [0.3, 0.4) is 0 Å². The van der Waals surface area contributed by atoms with E-state index in [0.717, 1.165) is 16.8 Å². The lowest BCUT2D eigenvalue weighted by Gasteiger charge is -2.31. The van der Waals surface area contributed by atoms with Crippen molar-refractivity contribution in [3.8, 4) is 6.07 Å². The fourth-order valence-corrected chi connectivity index (χ4v) is 4.38. The van der Waals surface area contributed by atoms with Crippen LogP contribution in [0.1, 0.15) is 16.7 Å². The Bertz CT molecular complexity index is 920. The van der Waals surface area contributed by atoms with Crippen LogP contribution in [0.2, 0.25) is 0 Å². The number of benzene rings is 2. The summed E-state index contributed by atoms with van der Waals surface area (Å²) in [5, 5.41) is 12.5. The zero-order chi connectivity index (χ0) is 18.7. The molecule has 0 saturated carbocycles. The maximum atomic E-state index is 13.0. The lowest BCUT2D eigenvalue weighted by Crippen LogP contribution is -2.48. The molecular formula is C19H22N4O2S.